The minimum absolute atomic E-state index is 0.00990. The van der Waals surface area contributed by atoms with Crippen LogP contribution in [0.3, 0.4) is 0 Å². The molecule has 0 aromatic carbocycles. The van der Waals surface area contributed by atoms with Crippen molar-refractivity contribution in [3.8, 4) is 0 Å². The summed E-state index contributed by atoms with van der Waals surface area (Å²) in [6, 6.07) is 0.323. The van der Waals surface area contributed by atoms with Gasteiger partial charge in [0, 0.05) is 18.4 Å². The average Bonchev–Trinajstić information content (AvgIpc) is 2.94. The van der Waals surface area contributed by atoms with E-state index in [-0.39, 0.29) is 24.1 Å². The second-order valence-corrected chi connectivity index (χ2v) is 5.13. The third-order valence-electron chi connectivity index (χ3n) is 4.01. The summed E-state index contributed by atoms with van der Waals surface area (Å²) in [6.45, 7) is 0. The summed E-state index contributed by atoms with van der Waals surface area (Å²) in [5.74, 6) is 0.168. The van der Waals surface area contributed by atoms with Gasteiger partial charge in [-0.25, -0.2) is 9.97 Å². The van der Waals surface area contributed by atoms with E-state index in [2.05, 4.69) is 15.3 Å². The van der Waals surface area contributed by atoms with E-state index in [1.807, 2.05) is 0 Å². The Hall–Kier alpha value is -1.86. The number of halogens is 3. The zero-order valence-corrected chi connectivity index (χ0v) is 10.5. The predicted octanol–water partition coefficient (Wildman–Crippen LogP) is 1.67. The first-order chi connectivity index (χ1) is 9.49. The Labute approximate surface area is 113 Å². The fourth-order valence-electron chi connectivity index (χ4n) is 3.06. The number of amides is 1. The van der Waals surface area contributed by atoms with Crippen LogP contribution in [0, 0.1) is 0 Å². The number of carbonyl (C=O) groups is 1. The lowest BCUT2D eigenvalue weighted by Crippen LogP contribution is -2.36. The molecule has 108 valence electrons. The molecule has 2 bridgehead atoms. The largest absolute Gasteiger partial charge is 0.419 e. The van der Waals surface area contributed by atoms with Gasteiger partial charge in [0.2, 0.25) is 12.4 Å². The molecule has 0 spiro atoms. The van der Waals surface area contributed by atoms with Gasteiger partial charge in [-0.2, -0.15) is 13.2 Å². The van der Waals surface area contributed by atoms with Crippen LogP contribution in [0.4, 0.5) is 19.1 Å². The fraction of sp³-hybridized carbons (Fsp3) is 0.583. The van der Waals surface area contributed by atoms with E-state index in [1.165, 1.54) is 0 Å². The maximum atomic E-state index is 12.4. The van der Waals surface area contributed by atoms with E-state index in [9.17, 15) is 18.0 Å². The van der Waals surface area contributed by atoms with Crippen LogP contribution in [-0.4, -0.2) is 39.4 Å². The van der Waals surface area contributed by atoms with E-state index < -0.39 is 11.7 Å². The zero-order valence-electron chi connectivity index (χ0n) is 10.5. The Bertz CT molecular complexity index is 504. The highest BCUT2D eigenvalue weighted by Crippen LogP contribution is 2.37. The van der Waals surface area contributed by atoms with Crippen LogP contribution in [0.25, 0.3) is 0 Å². The van der Waals surface area contributed by atoms with Crippen LogP contribution in [-0.2, 0) is 11.0 Å². The molecule has 1 amide bonds. The highest BCUT2D eigenvalue weighted by Gasteiger charge is 2.45. The number of aromatic nitrogens is 2. The van der Waals surface area contributed by atoms with Crippen molar-refractivity contribution < 1.29 is 18.0 Å². The first-order valence-electron chi connectivity index (χ1n) is 6.37. The van der Waals surface area contributed by atoms with Gasteiger partial charge in [-0.3, -0.25) is 4.79 Å². The van der Waals surface area contributed by atoms with Gasteiger partial charge in [-0.1, -0.05) is 0 Å². The number of alkyl halides is 3. The topological polar surface area (TPSA) is 58.1 Å². The predicted molar refractivity (Wildman–Crippen MR) is 63.8 cm³/mol. The first kappa shape index (κ1) is 13.1. The monoisotopic (exact) mass is 286 g/mol. The number of hydrogen-bond acceptors (Lipinski definition) is 4. The maximum absolute atomic E-state index is 12.4. The van der Waals surface area contributed by atoms with Gasteiger partial charge in [0.25, 0.3) is 0 Å². The molecule has 3 rings (SSSR count). The molecule has 20 heavy (non-hydrogen) atoms. The number of anilines is 1. The standard InChI is InChI=1S/C12H13F3N4O/c13-12(14,15)7-4-16-11(17-5-7)18-9-3-8-1-2-10(9)19(8)6-20/h4-6,8-10H,1-3H2,(H,16,17,18). The third-order valence-corrected chi connectivity index (χ3v) is 4.01. The van der Waals surface area contributed by atoms with Crippen LogP contribution < -0.4 is 5.32 Å². The lowest BCUT2D eigenvalue weighted by atomic mass is 9.96. The van der Waals surface area contributed by atoms with Crippen molar-refractivity contribution in [3.05, 3.63) is 18.0 Å². The molecule has 8 heteroatoms. The lowest BCUT2D eigenvalue weighted by Gasteiger charge is -2.22. The number of carbonyl (C=O) groups excluding carboxylic acids is 1. The number of hydrogen-bond donors (Lipinski definition) is 1. The van der Waals surface area contributed by atoms with Crippen molar-refractivity contribution in [1.82, 2.24) is 14.9 Å². The van der Waals surface area contributed by atoms with Crippen LogP contribution in [0.5, 0.6) is 0 Å². The highest BCUT2D eigenvalue weighted by atomic mass is 19.4. The van der Waals surface area contributed by atoms with Gasteiger partial charge in [0.15, 0.2) is 0 Å². The van der Waals surface area contributed by atoms with Crippen molar-refractivity contribution >= 4 is 12.4 Å². The van der Waals surface area contributed by atoms with E-state index >= 15 is 0 Å². The molecule has 2 aliphatic rings. The Balaban J connectivity index is 1.69. The molecule has 3 heterocycles. The summed E-state index contributed by atoms with van der Waals surface area (Å²) in [5.41, 5.74) is -0.870. The van der Waals surface area contributed by atoms with E-state index in [0.29, 0.717) is 0 Å². The summed E-state index contributed by atoms with van der Waals surface area (Å²) < 4.78 is 37.2. The van der Waals surface area contributed by atoms with Gasteiger partial charge >= 0.3 is 6.18 Å². The molecule has 0 aliphatic carbocycles. The SMILES string of the molecule is O=CN1C2CCC1C(Nc1ncc(C(F)(F)F)cn1)C2. The van der Waals surface area contributed by atoms with Crippen LogP contribution in [0.15, 0.2) is 12.4 Å². The van der Waals surface area contributed by atoms with Gasteiger partial charge < -0.3 is 10.2 Å². The second-order valence-electron chi connectivity index (χ2n) is 5.13. The van der Waals surface area contributed by atoms with Crippen LogP contribution in [0.2, 0.25) is 0 Å². The summed E-state index contributed by atoms with van der Waals surface area (Å²) in [4.78, 5) is 20.1. The van der Waals surface area contributed by atoms with E-state index in [4.69, 9.17) is 0 Å². The van der Waals surface area contributed by atoms with Gasteiger partial charge in [-0.15, -0.1) is 0 Å². The minimum Gasteiger partial charge on any atom is -0.349 e. The molecule has 3 atom stereocenters. The first-order valence-corrected chi connectivity index (χ1v) is 6.37. The van der Waals surface area contributed by atoms with Crippen molar-refractivity contribution in [2.75, 3.05) is 5.32 Å². The maximum Gasteiger partial charge on any atom is 0.419 e. The Morgan fingerprint density at radius 3 is 2.55 bits per heavy atom. The second kappa shape index (κ2) is 4.60. The molecule has 2 fully saturated rings. The molecule has 0 saturated carbocycles. The Morgan fingerprint density at radius 2 is 2.00 bits per heavy atom. The summed E-state index contributed by atoms with van der Waals surface area (Å²) in [6.07, 6.45) is 0.613. The number of nitrogens with one attached hydrogen (secondary N) is 1. The molecule has 1 aromatic rings. The quantitative estimate of drug-likeness (QED) is 0.859. The van der Waals surface area contributed by atoms with Crippen molar-refractivity contribution in [1.29, 1.82) is 0 Å². The van der Waals surface area contributed by atoms with Crippen LogP contribution >= 0.6 is 0 Å². The Kier molecular flexibility index (Phi) is 3.02. The molecule has 5 nitrogen and oxygen atoms in total. The van der Waals surface area contributed by atoms with Gasteiger partial charge in [0.05, 0.1) is 17.6 Å². The molecular formula is C12H13F3N4O. The molecule has 1 aromatic heterocycles. The van der Waals surface area contributed by atoms with Gasteiger partial charge in [-0.05, 0) is 19.3 Å². The van der Waals surface area contributed by atoms with Gasteiger partial charge in [0.1, 0.15) is 0 Å². The number of fused-ring (bicyclic) bond motifs is 2. The molecular weight excluding hydrogens is 273 g/mol. The molecule has 3 unspecified atom stereocenters. The smallest absolute Gasteiger partial charge is 0.349 e. The molecule has 2 saturated heterocycles. The van der Waals surface area contributed by atoms with E-state index in [1.54, 1.807) is 4.90 Å². The molecule has 0 radical (unpaired) electrons. The minimum atomic E-state index is -4.43. The zero-order chi connectivity index (χ0) is 14.3. The summed E-state index contributed by atoms with van der Waals surface area (Å²) >= 11 is 0. The van der Waals surface area contributed by atoms with Crippen LogP contribution in [0.1, 0.15) is 24.8 Å². The molecule has 1 N–H and O–H groups in total. The Morgan fingerprint density at radius 1 is 1.30 bits per heavy atom. The number of nitrogens with zero attached hydrogens (tertiary/aromatic N) is 3. The van der Waals surface area contributed by atoms with Crippen molar-refractivity contribution in [3.63, 3.8) is 0 Å². The lowest BCUT2D eigenvalue weighted by molar-refractivity contribution is -0.138. The summed E-state index contributed by atoms with van der Waals surface area (Å²) in [5, 5.41) is 3.03. The summed E-state index contributed by atoms with van der Waals surface area (Å²) in [7, 11) is 0. The fourth-order valence-corrected chi connectivity index (χ4v) is 3.06. The normalized spacial score (nSPS) is 28.8. The third kappa shape index (κ3) is 2.19. The average molecular weight is 286 g/mol. The van der Waals surface area contributed by atoms with E-state index in [0.717, 1.165) is 38.1 Å². The molecule has 2 aliphatic heterocycles. The highest BCUT2D eigenvalue weighted by molar-refractivity contribution is 5.51. The van der Waals surface area contributed by atoms with Crippen molar-refractivity contribution in [2.24, 2.45) is 0 Å². The number of rotatable bonds is 3. The van der Waals surface area contributed by atoms with Crippen molar-refractivity contribution in [2.45, 2.75) is 43.6 Å².